The van der Waals surface area contributed by atoms with Crippen molar-refractivity contribution in [3.05, 3.63) is 126 Å². The molecule has 0 radical (unpaired) electrons. The molecule has 51 heavy (non-hydrogen) atoms. The Morgan fingerprint density at radius 2 is 0.882 bits per heavy atom. The number of rotatable bonds is 6. The Bertz CT molecular complexity index is 2610. The van der Waals surface area contributed by atoms with Crippen molar-refractivity contribution in [2.45, 2.75) is 79.1 Å². The highest BCUT2D eigenvalue weighted by atomic mass is 16.3. The first-order valence-electron chi connectivity index (χ1n) is 18.5. The van der Waals surface area contributed by atoms with E-state index in [9.17, 15) is 5.11 Å². The van der Waals surface area contributed by atoms with E-state index in [1.54, 1.807) is 6.07 Å². The first kappa shape index (κ1) is 32.9. The largest absolute Gasteiger partial charge is 0.506 e. The molecular weight excluding hydrogens is 621 g/mol. The highest BCUT2D eigenvalue weighted by molar-refractivity contribution is 6.26. The molecule has 0 aliphatic carbocycles. The van der Waals surface area contributed by atoms with E-state index < -0.39 is 0 Å². The number of fused-ring (bicyclic) bond motifs is 7. The maximum Gasteiger partial charge on any atom is 0.141 e. The van der Waals surface area contributed by atoms with Gasteiger partial charge >= 0.3 is 0 Å². The molecule has 0 saturated carbocycles. The SMILES string of the molecule is CC(C)c1cccc(C(C)C)c1-c1c2ccc3cccnc3c2cc2c1ccc1c(-c3c(C(C)C)cccc3C(C)C)c3cccc(O)c3nc12. The molecule has 0 aliphatic heterocycles. The van der Waals surface area contributed by atoms with Gasteiger partial charge < -0.3 is 5.11 Å². The second-order valence-corrected chi connectivity index (χ2v) is 15.4. The fourth-order valence-corrected chi connectivity index (χ4v) is 8.44. The summed E-state index contributed by atoms with van der Waals surface area (Å²) in [6, 6.07) is 35.0. The van der Waals surface area contributed by atoms with E-state index in [-0.39, 0.29) is 5.75 Å². The van der Waals surface area contributed by atoms with Crippen molar-refractivity contribution < 1.29 is 5.11 Å². The standard InChI is InChI=1S/C48H46N2O/c1-26(2)31-14-9-15-32(27(3)4)42(31)44-35-21-20-30-13-12-24-49-46(30)39(35)25-40-36(44)22-23-38-45(37-18-11-19-41(51)48(37)50-47(38)40)43-33(28(5)6)16-10-17-34(43)29(7)8/h9-29,51H,1-8H3. The molecule has 0 bridgehead atoms. The topological polar surface area (TPSA) is 46.0 Å². The highest BCUT2D eigenvalue weighted by Gasteiger charge is 2.25. The van der Waals surface area contributed by atoms with Crippen LogP contribution in [0.15, 0.2) is 103 Å². The molecule has 1 N–H and O–H groups in total. The van der Waals surface area contributed by atoms with Crippen molar-refractivity contribution >= 4 is 54.3 Å². The number of benzene rings is 6. The van der Waals surface area contributed by atoms with E-state index >= 15 is 0 Å². The Morgan fingerprint density at radius 3 is 1.45 bits per heavy atom. The van der Waals surface area contributed by atoms with Gasteiger partial charge in [0, 0.05) is 38.7 Å². The number of pyridine rings is 2. The van der Waals surface area contributed by atoms with Crippen LogP contribution in [0.1, 0.15) is 101 Å². The zero-order valence-electron chi connectivity index (χ0n) is 31.0. The Labute approximate surface area is 301 Å². The zero-order chi connectivity index (χ0) is 35.7. The summed E-state index contributed by atoms with van der Waals surface area (Å²) in [6.45, 7) is 18.3. The Balaban J connectivity index is 1.66. The predicted molar refractivity (Wildman–Crippen MR) is 218 cm³/mol. The summed E-state index contributed by atoms with van der Waals surface area (Å²) in [5.74, 6) is 1.47. The quantitative estimate of drug-likeness (QED) is 0.142. The third kappa shape index (κ3) is 5.16. The third-order valence-corrected chi connectivity index (χ3v) is 10.9. The van der Waals surface area contributed by atoms with Gasteiger partial charge in [-0.15, -0.1) is 0 Å². The fourth-order valence-electron chi connectivity index (χ4n) is 8.44. The van der Waals surface area contributed by atoms with Crippen LogP contribution in [0.2, 0.25) is 0 Å². The summed E-state index contributed by atoms with van der Waals surface area (Å²) in [5, 5.41) is 19.2. The Kier molecular flexibility index (Phi) is 8.06. The molecule has 0 unspecified atom stereocenters. The number of para-hydroxylation sites is 1. The minimum absolute atomic E-state index is 0.196. The summed E-state index contributed by atoms with van der Waals surface area (Å²) in [6.07, 6.45) is 1.90. The lowest BCUT2D eigenvalue weighted by atomic mass is 9.80. The monoisotopic (exact) mass is 666 g/mol. The molecule has 3 heteroatoms. The summed E-state index contributed by atoms with van der Waals surface area (Å²) in [5.41, 5.74) is 12.7. The van der Waals surface area contributed by atoms with E-state index in [0.717, 1.165) is 48.9 Å². The minimum Gasteiger partial charge on any atom is -0.506 e. The molecule has 0 fully saturated rings. The van der Waals surface area contributed by atoms with Gasteiger partial charge in [-0.1, -0.05) is 134 Å². The molecule has 2 heterocycles. The summed E-state index contributed by atoms with van der Waals surface area (Å²) >= 11 is 0. The predicted octanol–water partition coefficient (Wildman–Crippen LogP) is 13.8. The number of phenols is 1. The van der Waals surface area contributed by atoms with Crippen LogP contribution in [0.4, 0.5) is 0 Å². The first-order valence-corrected chi connectivity index (χ1v) is 18.5. The summed E-state index contributed by atoms with van der Waals surface area (Å²) in [4.78, 5) is 10.4. The molecule has 3 nitrogen and oxygen atoms in total. The summed E-state index contributed by atoms with van der Waals surface area (Å²) in [7, 11) is 0. The van der Waals surface area contributed by atoms with Crippen molar-refractivity contribution in [1.82, 2.24) is 9.97 Å². The second kappa shape index (κ2) is 12.5. The van der Waals surface area contributed by atoms with Crippen LogP contribution < -0.4 is 0 Å². The summed E-state index contributed by atoms with van der Waals surface area (Å²) < 4.78 is 0. The van der Waals surface area contributed by atoms with Gasteiger partial charge in [0.2, 0.25) is 0 Å². The molecule has 2 aromatic heterocycles. The molecule has 8 rings (SSSR count). The third-order valence-electron chi connectivity index (χ3n) is 10.9. The van der Waals surface area contributed by atoms with Crippen LogP contribution in [0.3, 0.4) is 0 Å². The molecule has 6 aromatic carbocycles. The van der Waals surface area contributed by atoms with Crippen LogP contribution in [-0.4, -0.2) is 15.1 Å². The number of aromatic nitrogens is 2. The molecule has 0 aliphatic rings. The molecule has 0 spiro atoms. The number of phenolic OH excluding ortho intramolecular Hbond substituents is 1. The second-order valence-electron chi connectivity index (χ2n) is 15.4. The molecule has 8 aromatic rings. The van der Waals surface area contributed by atoms with Gasteiger partial charge in [0.05, 0.1) is 11.0 Å². The normalized spacial score (nSPS) is 12.3. The first-order chi connectivity index (χ1) is 24.6. The van der Waals surface area contributed by atoms with E-state index in [1.807, 2.05) is 18.3 Å². The lowest BCUT2D eigenvalue weighted by Crippen LogP contribution is -2.03. The van der Waals surface area contributed by atoms with Crippen LogP contribution in [0.5, 0.6) is 5.75 Å². The Hall–Kier alpha value is -5.28. The lowest BCUT2D eigenvalue weighted by Gasteiger charge is -2.25. The van der Waals surface area contributed by atoms with Crippen molar-refractivity contribution in [2.24, 2.45) is 0 Å². The smallest absolute Gasteiger partial charge is 0.141 e. The van der Waals surface area contributed by atoms with Crippen molar-refractivity contribution in [1.29, 1.82) is 0 Å². The lowest BCUT2D eigenvalue weighted by molar-refractivity contribution is 0.480. The molecule has 0 atom stereocenters. The number of hydrogen-bond acceptors (Lipinski definition) is 3. The van der Waals surface area contributed by atoms with Crippen molar-refractivity contribution in [3.63, 3.8) is 0 Å². The number of aromatic hydroxyl groups is 1. The Morgan fingerprint density at radius 1 is 0.412 bits per heavy atom. The average Bonchev–Trinajstić information content (AvgIpc) is 3.12. The number of nitrogens with zero attached hydrogens (tertiary/aromatic N) is 2. The van der Waals surface area contributed by atoms with Crippen LogP contribution in [0.25, 0.3) is 76.5 Å². The van der Waals surface area contributed by atoms with Gasteiger partial charge in [0.1, 0.15) is 11.3 Å². The number of hydrogen-bond donors (Lipinski definition) is 1. The van der Waals surface area contributed by atoms with E-state index in [0.29, 0.717) is 29.2 Å². The molecular formula is C48H46N2O. The van der Waals surface area contributed by atoms with Crippen molar-refractivity contribution in [3.8, 4) is 28.0 Å². The van der Waals surface area contributed by atoms with E-state index in [4.69, 9.17) is 9.97 Å². The van der Waals surface area contributed by atoms with Gasteiger partial charge in [0.15, 0.2) is 0 Å². The average molecular weight is 667 g/mol. The zero-order valence-corrected chi connectivity index (χ0v) is 31.0. The van der Waals surface area contributed by atoms with Crippen molar-refractivity contribution in [2.75, 3.05) is 0 Å². The minimum atomic E-state index is 0.196. The maximum absolute atomic E-state index is 11.5. The van der Waals surface area contributed by atoms with Gasteiger partial charge in [-0.2, -0.15) is 0 Å². The van der Waals surface area contributed by atoms with Gasteiger partial charge in [-0.3, -0.25) is 4.98 Å². The van der Waals surface area contributed by atoms with Crippen LogP contribution in [0, 0.1) is 0 Å². The molecule has 254 valence electrons. The van der Waals surface area contributed by atoms with Gasteiger partial charge in [0.25, 0.3) is 0 Å². The van der Waals surface area contributed by atoms with Crippen LogP contribution >= 0.6 is 0 Å². The maximum atomic E-state index is 11.5. The fraction of sp³-hybridized carbons (Fsp3) is 0.250. The van der Waals surface area contributed by atoms with Gasteiger partial charge in [-0.05, 0) is 91.6 Å². The van der Waals surface area contributed by atoms with E-state index in [1.165, 1.54) is 44.3 Å². The van der Waals surface area contributed by atoms with E-state index in [2.05, 4.69) is 134 Å². The molecule has 0 saturated heterocycles. The van der Waals surface area contributed by atoms with Crippen LogP contribution in [-0.2, 0) is 0 Å². The highest BCUT2D eigenvalue weighted by Crippen LogP contribution is 2.49. The molecule has 0 amide bonds. The van der Waals surface area contributed by atoms with Gasteiger partial charge in [-0.25, -0.2) is 4.98 Å².